The van der Waals surface area contributed by atoms with Crippen LogP contribution in [-0.4, -0.2) is 5.11 Å². The van der Waals surface area contributed by atoms with Crippen LogP contribution in [0.5, 0.6) is 0 Å². The summed E-state index contributed by atoms with van der Waals surface area (Å²) in [6.45, 7) is 1.71. The molecule has 0 amide bonds. The van der Waals surface area contributed by atoms with E-state index in [1.807, 2.05) is 0 Å². The number of hydrogen-bond acceptors (Lipinski definition) is 2. The molecule has 0 saturated heterocycles. The van der Waals surface area contributed by atoms with Crippen LogP contribution in [0.1, 0.15) is 23.6 Å². The number of nitrogens with zero attached hydrogens (tertiary/aromatic N) is 1. The number of benzene rings is 2. The lowest BCUT2D eigenvalue weighted by Gasteiger charge is -2.24. The zero-order chi connectivity index (χ0) is 14.8. The van der Waals surface area contributed by atoms with E-state index in [4.69, 9.17) is 28.5 Å². The maximum absolute atomic E-state index is 10.6. The van der Waals surface area contributed by atoms with Gasteiger partial charge in [0.05, 0.1) is 17.2 Å². The normalized spacial score (nSPS) is 13.6. The maximum atomic E-state index is 10.6. The van der Waals surface area contributed by atoms with Crippen LogP contribution in [0.25, 0.3) is 0 Å². The Morgan fingerprint density at radius 2 is 1.80 bits per heavy atom. The van der Waals surface area contributed by atoms with E-state index in [1.165, 1.54) is 0 Å². The number of rotatable bonds is 3. The summed E-state index contributed by atoms with van der Waals surface area (Å²) in [4.78, 5) is 0. The first-order chi connectivity index (χ1) is 9.42. The lowest BCUT2D eigenvalue weighted by atomic mass is 9.88. The van der Waals surface area contributed by atoms with E-state index in [0.717, 1.165) is 11.1 Å². The molecule has 0 aliphatic heterocycles. The van der Waals surface area contributed by atoms with Gasteiger partial charge in [-0.05, 0) is 48.4 Å². The highest BCUT2D eigenvalue weighted by atomic mass is 35.5. The third-order valence-corrected chi connectivity index (χ3v) is 3.78. The van der Waals surface area contributed by atoms with E-state index in [-0.39, 0.29) is 0 Å². The molecule has 2 rings (SSSR count). The molecule has 2 aromatic carbocycles. The van der Waals surface area contributed by atoms with Crippen LogP contribution in [0.3, 0.4) is 0 Å². The molecule has 102 valence electrons. The highest BCUT2D eigenvalue weighted by Crippen LogP contribution is 2.30. The van der Waals surface area contributed by atoms with E-state index < -0.39 is 5.60 Å². The van der Waals surface area contributed by atoms with Crippen LogP contribution in [-0.2, 0) is 12.0 Å². The van der Waals surface area contributed by atoms with E-state index >= 15 is 0 Å². The molecule has 20 heavy (non-hydrogen) atoms. The molecule has 0 aliphatic rings. The van der Waals surface area contributed by atoms with Gasteiger partial charge in [-0.25, -0.2) is 0 Å². The van der Waals surface area contributed by atoms with Crippen molar-refractivity contribution in [1.82, 2.24) is 0 Å². The van der Waals surface area contributed by atoms with Crippen molar-refractivity contribution in [1.29, 1.82) is 5.26 Å². The van der Waals surface area contributed by atoms with Crippen molar-refractivity contribution < 1.29 is 5.11 Å². The number of nitriles is 1. The summed E-state index contributed by atoms with van der Waals surface area (Å²) in [7, 11) is 0. The molecule has 1 atom stereocenters. The van der Waals surface area contributed by atoms with Gasteiger partial charge < -0.3 is 5.11 Å². The molecular formula is C16H13Cl2NO. The summed E-state index contributed by atoms with van der Waals surface area (Å²) >= 11 is 12.1. The van der Waals surface area contributed by atoms with Crippen LogP contribution in [0.4, 0.5) is 0 Å². The Balaban J connectivity index is 2.30. The van der Waals surface area contributed by atoms with Gasteiger partial charge in [0.2, 0.25) is 0 Å². The molecule has 0 fully saturated rings. The minimum absolute atomic E-state index is 0.346. The van der Waals surface area contributed by atoms with E-state index in [9.17, 15) is 5.11 Å². The van der Waals surface area contributed by atoms with Gasteiger partial charge in [-0.3, -0.25) is 0 Å². The number of hydrogen-bond donors (Lipinski definition) is 1. The number of halogens is 2. The molecule has 4 heteroatoms. The van der Waals surface area contributed by atoms with Crippen LogP contribution in [0.2, 0.25) is 10.0 Å². The third-order valence-electron chi connectivity index (χ3n) is 3.18. The van der Waals surface area contributed by atoms with Gasteiger partial charge in [0, 0.05) is 16.5 Å². The fraction of sp³-hybridized carbons (Fsp3) is 0.188. The topological polar surface area (TPSA) is 44.0 Å². The Bertz CT molecular complexity index is 657. The van der Waals surface area contributed by atoms with Crippen molar-refractivity contribution in [3.8, 4) is 6.07 Å². The second kappa shape index (κ2) is 5.85. The summed E-state index contributed by atoms with van der Waals surface area (Å²) in [5.41, 5.74) is 0.994. The zero-order valence-electron chi connectivity index (χ0n) is 10.9. The molecular weight excluding hydrogens is 293 g/mol. The van der Waals surface area contributed by atoms with E-state index in [0.29, 0.717) is 22.0 Å². The van der Waals surface area contributed by atoms with Gasteiger partial charge in [-0.1, -0.05) is 35.3 Å². The lowest BCUT2D eigenvalue weighted by molar-refractivity contribution is 0.0576. The van der Waals surface area contributed by atoms with Crippen LogP contribution in [0.15, 0.2) is 42.5 Å². The maximum Gasteiger partial charge on any atom is 0.0991 e. The molecule has 0 heterocycles. The SMILES string of the molecule is CC(O)(Cc1cc(Cl)ccc1Cl)c1ccc(C#N)cc1. The standard InChI is InChI=1S/C16H13Cl2NO/c1-16(20,13-4-2-11(10-19)3-5-13)9-12-8-14(17)6-7-15(12)18/h2-8,20H,9H2,1H3. The smallest absolute Gasteiger partial charge is 0.0991 e. The zero-order valence-corrected chi connectivity index (χ0v) is 12.4. The summed E-state index contributed by atoms with van der Waals surface area (Å²) in [6, 6.07) is 14.1. The summed E-state index contributed by atoms with van der Waals surface area (Å²) in [5, 5.41) is 20.6. The Kier molecular flexibility index (Phi) is 4.35. The molecule has 0 radical (unpaired) electrons. The molecule has 2 nitrogen and oxygen atoms in total. The van der Waals surface area contributed by atoms with Gasteiger partial charge in [0.15, 0.2) is 0 Å². The minimum atomic E-state index is -1.08. The lowest BCUT2D eigenvalue weighted by Crippen LogP contribution is -2.24. The van der Waals surface area contributed by atoms with Gasteiger partial charge in [0.1, 0.15) is 0 Å². The largest absolute Gasteiger partial charge is 0.385 e. The monoisotopic (exact) mass is 305 g/mol. The van der Waals surface area contributed by atoms with Crippen molar-refractivity contribution in [3.63, 3.8) is 0 Å². The van der Waals surface area contributed by atoms with E-state index in [2.05, 4.69) is 6.07 Å². The first-order valence-corrected chi connectivity index (χ1v) is 6.85. The predicted molar refractivity (Wildman–Crippen MR) is 80.9 cm³/mol. The Hall–Kier alpha value is -1.53. The summed E-state index contributed by atoms with van der Waals surface area (Å²) in [5.74, 6) is 0. The quantitative estimate of drug-likeness (QED) is 0.918. The second-order valence-electron chi connectivity index (χ2n) is 4.88. The van der Waals surface area contributed by atoms with Gasteiger partial charge in [0.25, 0.3) is 0 Å². The molecule has 0 spiro atoms. The molecule has 1 unspecified atom stereocenters. The van der Waals surface area contributed by atoms with Gasteiger partial charge in [-0.2, -0.15) is 5.26 Å². The van der Waals surface area contributed by atoms with Crippen LogP contribution in [0, 0.1) is 11.3 Å². The van der Waals surface area contributed by atoms with Gasteiger partial charge in [-0.15, -0.1) is 0 Å². The van der Waals surface area contributed by atoms with Crippen molar-refractivity contribution >= 4 is 23.2 Å². The first-order valence-electron chi connectivity index (χ1n) is 6.09. The highest BCUT2D eigenvalue weighted by Gasteiger charge is 2.24. The van der Waals surface area contributed by atoms with Crippen molar-refractivity contribution in [2.45, 2.75) is 18.9 Å². The van der Waals surface area contributed by atoms with Crippen LogP contribution < -0.4 is 0 Å². The first kappa shape index (κ1) is 14.9. The number of aliphatic hydroxyl groups is 1. The molecule has 0 aliphatic carbocycles. The van der Waals surface area contributed by atoms with Crippen molar-refractivity contribution in [2.75, 3.05) is 0 Å². The summed E-state index contributed by atoms with van der Waals surface area (Å²) in [6.07, 6.45) is 0.346. The molecule has 0 aromatic heterocycles. The molecule has 0 bridgehead atoms. The highest BCUT2D eigenvalue weighted by molar-refractivity contribution is 6.33. The second-order valence-corrected chi connectivity index (χ2v) is 5.72. The van der Waals surface area contributed by atoms with E-state index in [1.54, 1.807) is 49.4 Å². The van der Waals surface area contributed by atoms with Crippen molar-refractivity contribution in [3.05, 3.63) is 69.2 Å². The Morgan fingerprint density at radius 3 is 2.40 bits per heavy atom. The minimum Gasteiger partial charge on any atom is -0.385 e. The Morgan fingerprint density at radius 1 is 1.15 bits per heavy atom. The summed E-state index contributed by atoms with van der Waals surface area (Å²) < 4.78 is 0. The fourth-order valence-electron chi connectivity index (χ4n) is 2.06. The average molecular weight is 306 g/mol. The fourth-order valence-corrected chi connectivity index (χ4v) is 2.43. The molecule has 2 aromatic rings. The van der Waals surface area contributed by atoms with Crippen LogP contribution >= 0.6 is 23.2 Å². The Labute approximate surface area is 128 Å². The van der Waals surface area contributed by atoms with Gasteiger partial charge >= 0.3 is 0 Å². The molecule has 1 N–H and O–H groups in total. The third kappa shape index (κ3) is 3.32. The predicted octanol–water partition coefficient (Wildman–Crippen LogP) is 4.32. The average Bonchev–Trinajstić information content (AvgIpc) is 2.43. The van der Waals surface area contributed by atoms with Crippen molar-refractivity contribution in [2.24, 2.45) is 0 Å². The molecule has 0 saturated carbocycles.